The van der Waals surface area contributed by atoms with E-state index < -0.39 is 0 Å². The van der Waals surface area contributed by atoms with Gasteiger partial charge >= 0.3 is 0 Å². The Morgan fingerprint density at radius 1 is 0.957 bits per heavy atom. The van der Waals surface area contributed by atoms with Gasteiger partial charge in [0.25, 0.3) is 0 Å². The topological polar surface area (TPSA) is 62.7 Å². The summed E-state index contributed by atoms with van der Waals surface area (Å²) in [6, 6.07) is 9.53. The Hall–Kier alpha value is -3.02. The third-order valence-electron chi connectivity index (χ3n) is 3.83. The minimum atomic E-state index is 0.249. The fourth-order valence-corrected chi connectivity index (χ4v) is 2.68. The van der Waals surface area contributed by atoms with E-state index in [-0.39, 0.29) is 6.79 Å². The number of methoxy groups -OCH3 is 2. The third kappa shape index (κ3) is 2.19. The Balaban J connectivity index is 1.93. The molecule has 0 radical (unpaired) electrons. The van der Waals surface area contributed by atoms with Crippen LogP contribution in [0.3, 0.4) is 0 Å². The Kier molecular flexibility index (Phi) is 3.15. The standard InChI is InChI=1S/C17H14N2O4/c1-20-15-6-11-12(8-18-19-13(11)7-16(15)21-2)10-3-4-14-17(5-10)23-9-22-14/h3-8H,9H2,1-2H3. The molecule has 0 unspecified atom stereocenters. The zero-order valence-electron chi connectivity index (χ0n) is 12.7. The van der Waals surface area contributed by atoms with Crippen LogP contribution in [0.1, 0.15) is 0 Å². The van der Waals surface area contributed by atoms with Crippen LogP contribution in [-0.2, 0) is 0 Å². The van der Waals surface area contributed by atoms with Crippen LogP contribution in [-0.4, -0.2) is 31.2 Å². The van der Waals surface area contributed by atoms with Crippen molar-refractivity contribution in [3.63, 3.8) is 0 Å². The van der Waals surface area contributed by atoms with E-state index in [0.29, 0.717) is 11.5 Å². The van der Waals surface area contributed by atoms with Crippen LogP contribution in [0.4, 0.5) is 0 Å². The molecule has 4 rings (SSSR count). The average Bonchev–Trinajstić information content (AvgIpc) is 3.07. The van der Waals surface area contributed by atoms with Gasteiger partial charge in [0.15, 0.2) is 23.0 Å². The van der Waals surface area contributed by atoms with E-state index >= 15 is 0 Å². The Morgan fingerprint density at radius 3 is 2.57 bits per heavy atom. The van der Waals surface area contributed by atoms with Gasteiger partial charge in [-0.15, -0.1) is 0 Å². The maximum atomic E-state index is 5.45. The highest BCUT2D eigenvalue weighted by atomic mass is 16.7. The smallest absolute Gasteiger partial charge is 0.231 e. The van der Waals surface area contributed by atoms with Gasteiger partial charge in [-0.05, 0) is 23.8 Å². The summed E-state index contributed by atoms with van der Waals surface area (Å²) < 4.78 is 21.5. The van der Waals surface area contributed by atoms with Gasteiger partial charge in [0, 0.05) is 17.0 Å². The number of aromatic nitrogens is 2. The van der Waals surface area contributed by atoms with Crippen LogP contribution in [0, 0.1) is 0 Å². The number of hydrogen-bond acceptors (Lipinski definition) is 6. The summed E-state index contributed by atoms with van der Waals surface area (Å²) >= 11 is 0. The summed E-state index contributed by atoms with van der Waals surface area (Å²) in [5.74, 6) is 2.75. The van der Waals surface area contributed by atoms with Crippen LogP contribution in [0.5, 0.6) is 23.0 Å². The molecular weight excluding hydrogens is 296 g/mol. The molecule has 0 fully saturated rings. The molecule has 0 atom stereocenters. The van der Waals surface area contributed by atoms with Gasteiger partial charge in [0.2, 0.25) is 6.79 Å². The van der Waals surface area contributed by atoms with E-state index in [0.717, 1.165) is 33.5 Å². The molecule has 1 aliphatic rings. The summed E-state index contributed by atoms with van der Waals surface area (Å²) in [5.41, 5.74) is 2.65. The van der Waals surface area contributed by atoms with Gasteiger partial charge in [-0.1, -0.05) is 6.07 Å². The van der Waals surface area contributed by atoms with Gasteiger partial charge in [-0.2, -0.15) is 10.2 Å². The van der Waals surface area contributed by atoms with Gasteiger partial charge in [-0.3, -0.25) is 0 Å². The second kappa shape index (κ2) is 5.31. The number of benzene rings is 2. The second-order valence-electron chi connectivity index (χ2n) is 5.05. The molecule has 0 bridgehead atoms. The molecule has 0 amide bonds. The first-order chi connectivity index (χ1) is 11.3. The zero-order chi connectivity index (χ0) is 15.8. The predicted octanol–water partition coefficient (Wildman–Crippen LogP) is 3.04. The van der Waals surface area contributed by atoms with E-state index in [1.165, 1.54) is 0 Å². The Bertz CT molecular complexity index is 895. The Labute approximate surface area is 132 Å². The molecule has 1 aromatic heterocycles. The summed E-state index contributed by atoms with van der Waals surface area (Å²) in [5, 5.41) is 9.20. The summed E-state index contributed by atoms with van der Waals surface area (Å²) in [4.78, 5) is 0. The van der Waals surface area contributed by atoms with Crippen molar-refractivity contribution in [2.24, 2.45) is 0 Å². The third-order valence-corrected chi connectivity index (χ3v) is 3.83. The molecule has 2 aromatic carbocycles. The average molecular weight is 310 g/mol. The van der Waals surface area contributed by atoms with Crippen LogP contribution >= 0.6 is 0 Å². The molecule has 0 aliphatic carbocycles. The number of rotatable bonds is 3. The van der Waals surface area contributed by atoms with Crippen molar-refractivity contribution in [1.82, 2.24) is 10.2 Å². The van der Waals surface area contributed by atoms with Crippen molar-refractivity contribution >= 4 is 10.9 Å². The predicted molar refractivity (Wildman–Crippen MR) is 84.2 cm³/mol. The lowest BCUT2D eigenvalue weighted by Crippen LogP contribution is -1.94. The molecule has 2 heterocycles. The molecule has 1 aliphatic heterocycles. The van der Waals surface area contributed by atoms with E-state index in [1.807, 2.05) is 30.3 Å². The lowest BCUT2D eigenvalue weighted by Gasteiger charge is -2.11. The molecule has 3 aromatic rings. The number of ether oxygens (including phenoxy) is 4. The van der Waals surface area contributed by atoms with Crippen LogP contribution in [0.15, 0.2) is 36.5 Å². The maximum Gasteiger partial charge on any atom is 0.231 e. The van der Waals surface area contributed by atoms with Crippen molar-refractivity contribution in [3.05, 3.63) is 36.5 Å². The molecule has 0 saturated heterocycles. The van der Waals surface area contributed by atoms with Crippen molar-refractivity contribution in [2.45, 2.75) is 0 Å². The molecule has 6 nitrogen and oxygen atoms in total. The van der Waals surface area contributed by atoms with Gasteiger partial charge in [0.1, 0.15) is 0 Å². The summed E-state index contributed by atoms with van der Waals surface area (Å²) in [6.45, 7) is 0.249. The van der Waals surface area contributed by atoms with Gasteiger partial charge in [-0.25, -0.2) is 0 Å². The van der Waals surface area contributed by atoms with Gasteiger partial charge < -0.3 is 18.9 Å². The quantitative estimate of drug-likeness (QED) is 0.741. The molecule has 116 valence electrons. The normalized spacial score (nSPS) is 12.4. The van der Waals surface area contributed by atoms with Crippen LogP contribution < -0.4 is 18.9 Å². The molecule has 0 spiro atoms. The fraction of sp³-hybridized carbons (Fsp3) is 0.176. The zero-order valence-corrected chi connectivity index (χ0v) is 12.7. The minimum absolute atomic E-state index is 0.249. The molecular formula is C17H14N2O4. The molecule has 0 N–H and O–H groups in total. The SMILES string of the molecule is COc1cc2nncc(-c3ccc4c(c3)OCO4)c2cc1OC. The molecule has 23 heavy (non-hydrogen) atoms. The fourth-order valence-electron chi connectivity index (χ4n) is 2.68. The highest BCUT2D eigenvalue weighted by molar-refractivity contribution is 5.96. The van der Waals surface area contributed by atoms with E-state index in [2.05, 4.69) is 10.2 Å². The number of hydrogen-bond donors (Lipinski definition) is 0. The van der Waals surface area contributed by atoms with Crippen molar-refractivity contribution in [3.8, 4) is 34.1 Å². The summed E-state index contributed by atoms with van der Waals surface area (Å²) in [6.07, 6.45) is 1.73. The first-order valence-electron chi connectivity index (χ1n) is 7.07. The van der Waals surface area contributed by atoms with Crippen LogP contribution in [0.25, 0.3) is 22.0 Å². The lowest BCUT2D eigenvalue weighted by atomic mass is 10.0. The van der Waals surface area contributed by atoms with Crippen molar-refractivity contribution in [2.75, 3.05) is 21.0 Å². The van der Waals surface area contributed by atoms with E-state index in [9.17, 15) is 0 Å². The largest absolute Gasteiger partial charge is 0.493 e. The first kappa shape index (κ1) is 13.6. The molecule has 0 saturated carbocycles. The Morgan fingerprint density at radius 2 is 1.74 bits per heavy atom. The van der Waals surface area contributed by atoms with Crippen molar-refractivity contribution in [1.29, 1.82) is 0 Å². The highest BCUT2D eigenvalue weighted by Crippen LogP contribution is 2.39. The number of fused-ring (bicyclic) bond motifs is 2. The number of nitrogens with zero attached hydrogens (tertiary/aromatic N) is 2. The lowest BCUT2D eigenvalue weighted by molar-refractivity contribution is 0.174. The maximum absolute atomic E-state index is 5.45. The minimum Gasteiger partial charge on any atom is -0.493 e. The van der Waals surface area contributed by atoms with E-state index in [1.54, 1.807) is 20.4 Å². The second-order valence-corrected chi connectivity index (χ2v) is 5.05. The summed E-state index contributed by atoms with van der Waals surface area (Å²) in [7, 11) is 3.21. The van der Waals surface area contributed by atoms with E-state index in [4.69, 9.17) is 18.9 Å². The van der Waals surface area contributed by atoms with Crippen molar-refractivity contribution < 1.29 is 18.9 Å². The van der Waals surface area contributed by atoms with Crippen LogP contribution in [0.2, 0.25) is 0 Å². The molecule has 6 heteroatoms. The first-order valence-corrected chi connectivity index (χ1v) is 7.07. The monoisotopic (exact) mass is 310 g/mol. The van der Waals surface area contributed by atoms with Gasteiger partial charge in [0.05, 0.1) is 25.9 Å². The highest BCUT2D eigenvalue weighted by Gasteiger charge is 2.16.